The van der Waals surface area contributed by atoms with E-state index in [-0.39, 0.29) is 0 Å². The molecule has 0 unspecified atom stereocenters. The van der Waals surface area contributed by atoms with Crippen molar-refractivity contribution in [3.05, 3.63) is 22.3 Å². The topological polar surface area (TPSA) is 48.1 Å². The van der Waals surface area contributed by atoms with E-state index in [1.165, 1.54) is 5.56 Å². The van der Waals surface area contributed by atoms with E-state index in [9.17, 15) is 0 Å². The number of hydrogen-bond acceptors (Lipinski definition) is 3. The molecule has 1 heterocycles. The van der Waals surface area contributed by atoms with Gasteiger partial charge in [0.25, 0.3) is 0 Å². The van der Waals surface area contributed by atoms with Gasteiger partial charge in [-0.15, -0.1) is 0 Å². The number of nitrogens with zero attached hydrogens (tertiary/aromatic N) is 1. The van der Waals surface area contributed by atoms with E-state index in [2.05, 4.69) is 27.0 Å². The first-order chi connectivity index (χ1) is 6.76. The molecular formula is C10H13BrN2O. The zero-order valence-electron chi connectivity index (χ0n) is 8.03. The lowest BCUT2D eigenvalue weighted by atomic mass is 10.1. The molecule has 3 nitrogen and oxygen atoms in total. The SMILES string of the molecule is COc1ncc(Br)cc1[C@@H]1C[C@H]1CN. The van der Waals surface area contributed by atoms with E-state index in [0.717, 1.165) is 23.3 Å². The molecule has 0 saturated heterocycles. The minimum atomic E-state index is 0.542. The third kappa shape index (κ3) is 1.77. The summed E-state index contributed by atoms with van der Waals surface area (Å²) in [7, 11) is 1.65. The molecule has 1 fully saturated rings. The largest absolute Gasteiger partial charge is 0.481 e. The monoisotopic (exact) mass is 256 g/mol. The Hall–Kier alpha value is -0.610. The van der Waals surface area contributed by atoms with Crippen LogP contribution in [0.15, 0.2) is 16.7 Å². The summed E-state index contributed by atoms with van der Waals surface area (Å²) in [5, 5.41) is 0. The predicted molar refractivity (Wildman–Crippen MR) is 58.4 cm³/mol. The van der Waals surface area contributed by atoms with Gasteiger partial charge in [-0.2, -0.15) is 0 Å². The van der Waals surface area contributed by atoms with Crippen molar-refractivity contribution in [1.82, 2.24) is 4.98 Å². The van der Waals surface area contributed by atoms with Crippen LogP contribution in [0.3, 0.4) is 0 Å². The average Bonchev–Trinajstić information content (AvgIpc) is 2.96. The summed E-state index contributed by atoms with van der Waals surface area (Å²) in [5.74, 6) is 1.88. The zero-order valence-corrected chi connectivity index (χ0v) is 9.62. The molecule has 2 rings (SSSR count). The number of rotatable bonds is 3. The van der Waals surface area contributed by atoms with Crippen molar-refractivity contribution in [1.29, 1.82) is 0 Å². The molecule has 0 radical (unpaired) electrons. The molecule has 76 valence electrons. The molecule has 0 spiro atoms. The van der Waals surface area contributed by atoms with Crippen molar-refractivity contribution in [2.24, 2.45) is 11.7 Å². The third-order valence-electron chi connectivity index (χ3n) is 2.66. The average molecular weight is 257 g/mol. The summed E-state index contributed by atoms with van der Waals surface area (Å²) >= 11 is 3.41. The van der Waals surface area contributed by atoms with Gasteiger partial charge in [-0.3, -0.25) is 0 Å². The highest BCUT2D eigenvalue weighted by molar-refractivity contribution is 9.10. The second-order valence-electron chi connectivity index (χ2n) is 3.59. The van der Waals surface area contributed by atoms with Crippen LogP contribution in [0.2, 0.25) is 0 Å². The molecule has 1 aromatic heterocycles. The lowest BCUT2D eigenvalue weighted by molar-refractivity contribution is 0.392. The number of hydrogen-bond donors (Lipinski definition) is 1. The number of aromatic nitrogens is 1. The number of nitrogens with two attached hydrogens (primary N) is 1. The van der Waals surface area contributed by atoms with Crippen LogP contribution in [-0.2, 0) is 0 Å². The van der Waals surface area contributed by atoms with Crippen LogP contribution in [0, 0.1) is 5.92 Å². The van der Waals surface area contributed by atoms with Crippen molar-refractivity contribution in [3.63, 3.8) is 0 Å². The van der Waals surface area contributed by atoms with E-state index in [1.54, 1.807) is 13.3 Å². The Morgan fingerprint density at radius 3 is 3.07 bits per heavy atom. The maximum Gasteiger partial charge on any atom is 0.216 e. The highest BCUT2D eigenvalue weighted by Crippen LogP contribution is 2.49. The van der Waals surface area contributed by atoms with E-state index >= 15 is 0 Å². The van der Waals surface area contributed by atoms with Crippen LogP contribution in [0.4, 0.5) is 0 Å². The van der Waals surface area contributed by atoms with Gasteiger partial charge in [-0.05, 0) is 46.8 Å². The van der Waals surface area contributed by atoms with Crippen LogP contribution in [0.25, 0.3) is 0 Å². The Morgan fingerprint density at radius 2 is 2.50 bits per heavy atom. The molecule has 1 saturated carbocycles. The van der Waals surface area contributed by atoms with Crippen LogP contribution in [0.5, 0.6) is 5.88 Å². The Balaban J connectivity index is 2.27. The van der Waals surface area contributed by atoms with Crippen LogP contribution >= 0.6 is 15.9 Å². The van der Waals surface area contributed by atoms with Crippen LogP contribution in [0.1, 0.15) is 17.9 Å². The fourth-order valence-corrected chi connectivity index (χ4v) is 2.12. The van der Waals surface area contributed by atoms with E-state index in [0.29, 0.717) is 11.8 Å². The molecule has 1 aromatic rings. The summed E-state index contributed by atoms with van der Waals surface area (Å²) in [6, 6.07) is 2.08. The second-order valence-corrected chi connectivity index (χ2v) is 4.51. The van der Waals surface area contributed by atoms with E-state index in [1.807, 2.05) is 0 Å². The predicted octanol–water partition coefficient (Wildman–Crippen LogP) is 1.91. The molecule has 2 atom stereocenters. The standard InChI is InChI=1S/C10H13BrN2O/c1-14-10-9(3-7(11)5-13-10)8-2-6(8)4-12/h3,5-6,8H,2,4,12H2,1H3/t6-,8+/m0/s1. The lowest BCUT2D eigenvalue weighted by Crippen LogP contribution is -2.03. The number of halogens is 1. The molecule has 0 aromatic carbocycles. The van der Waals surface area contributed by atoms with Gasteiger partial charge in [0.15, 0.2) is 0 Å². The van der Waals surface area contributed by atoms with Crippen molar-refractivity contribution >= 4 is 15.9 Å². The molecule has 2 N–H and O–H groups in total. The van der Waals surface area contributed by atoms with Gasteiger partial charge in [0.2, 0.25) is 5.88 Å². The Kier molecular flexibility index (Phi) is 2.74. The quantitative estimate of drug-likeness (QED) is 0.899. The molecule has 0 amide bonds. The van der Waals surface area contributed by atoms with Gasteiger partial charge in [-0.1, -0.05) is 0 Å². The minimum absolute atomic E-state index is 0.542. The van der Waals surface area contributed by atoms with Gasteiger partial charge < -0.3 is 10.5 Å². The van der Waals surface area contributed by atoms with E-state index < -0.39 is 0 Å². The molecular weight excluding hydrogens is 244 g/mol. The first-order valence-corrected chi connectivity index (χ1v) is 5.45. The van der Waals surface area contributed by atoms with Gasteiger partial charge in [0.05, 0.1) is 7.11 Å². The summed E-state index contributed by atoms with van der Waals surface area (Å²) in [6.07, 6.45) is 2.91. The second kappa shape index (κ2) is 3.87. The number of methoxy groups -OCH3 is 1. The zero-order chi connectivity index (χ0) is 10.1. The number of pyridine rings is 1. The van der Waals surface area contributed by atoms with Crippen molar-refractivity contribution in [2.45, 2.75) is 12.3 Å². The fraction of sp³-hybridized carbons (Fsp3) is 0.500. The van der Waals surface area contributed by atoms with Gasteiger partial charge >= 0.3 is 0 Å². The summed E-state index contributed by atoms with van der Waals surface area (Å²) < 4.78 is 6.22. The smallest absolute Gasteiger partial charge is 0.216 e. The van der Waals surface area contributed by atoms with Crippen LogP contribution < -0.4 is 10.5 Å². The maximum atomic E-state index is 5.62. The first kappa shape index (κ1) is 9.93. The van der Waals surface area contributed by atoms with Crippen molar-refractivity contribution < 1.29 is 4.74 Å². The maximum absolute atomic E-state index is 5.62. The molecule has 1 aliphatic rings. The normalized spacial score (nSPS) is 24.8. The molecule has 1 aliphatic carbocycles. The van der Waals surface area contributed by atoms with E-state index in [4.69, 9.17) is 10.5 Å². The Bertz CT molecular complexity index is 343. The summed E-state index contributed by atoms with van der Waals surface area (Å²) in [6.45, 7) is 0.750. The molecule has 0 aliphatic heterocycles. The van der Waals surface area contributed by atoms with Crippen molar-refractivity contribution in [3.8, 4) is 5.88 Å². The van der Waals surface area contributed by atoms with Gasteiger partial charge in [0.1, 0.15) is 0 Å². The number of ether oxygens (including phenoxy) is 1. The first-order valence-electron chi connectivity index (χ1n) is 4.65. The fourth-order valence-electron chi connectivity index (χ4n) is 1.77. The van der Waals surface area contributed by atoms with Crippen LogP contribution in [-0.4, -0.2) is 18.6 Å². The molecule has 4 heteroatoms. The lowest BCUT2D eigenvalue weighted by Gasteiger charge is -2.06. The molecule has 0 bridgehead atoms. The minimum Gasteiger partial charge on any atom is -0.481 e. The Labute approximate surface area is 91.8 Å². The Morgan fingerprint density at radius 1 is 1.71 bits per heavy atom. The highest BCUT2D eigenvalue weighted by Gasteiger charge is 2.39. The van der Waals surface area contributed by atoms with Gasteiger partial charge in [-0.25, -0.2) is 4.98 Å². The third-order valence-corrected chi connectivity index (χ3v) is 3.10. The summed E-state index contributed by atoms with van der Waals surface area (Å²) in [4.78, 5) is 4.22. The van der Waals surface area contributed by atoms with Crippen molar-refractivity contribution in [2.75, 3.05) is 13.7 Å². The van der Waals surface area contributed by atoms with Gasteiger partial charge in [0, 0.05) is 16.2 Å². The highest BCUT2D eigenvalue weighted by atomic mass is 79.9. The summed E-state index contributed by atoms with van der Waals surface area (Å²) in [5.41, 5.74) is 6.80. The molecule has 14 heavy (non-hydrogen) atoms.